The summed E-state index contributed by atoms with van der Waals surface area (Å²) in [5, 5.41) is 7.50. The number of fused-ring (bicyclic) bond motifs is 1. The Labute approximate surface area is 151 Å². The standard InChI is InChI=1S/C16H22N4O4S/c1-20(16(25)17-8-5-9-23-2)19-14(21)10-13-15(22)18-11-6-3-4-7-12(11)24-13/h3-4,6-7,13H,5,8-10H2,1-2H3,(H,17,25)(H,18,22)(H,19,21)/t13-/m1/s1. The number of carbonyl (C=O) groups excluding carboxylic acids is 2. The molecule has 1 aliphatic rings. The molecule has 0 unspecified atom stereocenters. The number of benzene rings is 1. The van der Waals surface area contributed by atoms with E-state index >= 15 is 0 Å². The third-order valence-corrected chi connectivity index (χ3v) is 3.89. The van der Waals surface area contributed by atoms with Crippen LogP contribution in [0.2, 0.25) is 0 Å². The Kier molecular flexibility index (Phi) is 6.96. The zero-order valence-corrected chi connectivity index (χ0v) is 15.0. The minimum Gasteiger partial charge on any atom is -0.478 e. The monoisotopic (exact) mass is 366 g/mol. The number of rotatable bonds is 6. The molecule has 1 aromatic rings. The Morgan fingerprint density at radius 2 is 2.20 bits per heavy atom. The molecule has 2 rings (SSSR count). The highest BCUT2D eigenvalue weighted by molar-refractivity contribution is 7.80. The van der Waals surface area contributed by atoms with Gasteiger partial charge in [-0.2, -0.15) is 0 Å². The summed E-state index contributed by atoms with van der Waals surface area (Å²) < 4.78 is 10.5. The van der Waals surface area contributed by atoms with E-state index in [1.165, 1.54) is 5.01 Å². The normalized spacial score (nSPS) is 15.4. The summed E-state index contributed by atoms with van der Waals surface area (Å²) in [5.74, 6) is -0.177. The Bertz CT molecular complexity index is 640. The zero-order valence-electron chi connectivity index (χ0n) is 14.2. The smallest absolute Gasteiger partial charge is 0.266 e. The van der Waals surface area contributed by atoms with Gasteiger partial charge in [-0.1, -0.05) is 12.1 Å². The third kappa shape index (κ3) is 5.57. The fourth-order valence-electron chi connectivity index (χ4n) is 2.21. The molecule has 0 spiro atoms. The van der Waals surface area contributed by atoms with Crippen LogP contribution in [0.5, 0.6) is 5.75 Å². The molecule has 136 valence electrons. The molecule has 0 aliphatic carbocycles. The van der Waals surface area contributed by atoms with Crippen LogP contribution in [0, 0.1) is 0 Å². The second-order valence-corrected chi connectivity index (χ2v) is 5.86. The first-order valence-electron chi connectivity index (χ1n) is 7.87. The molecule has 1 aliphatic heterocycles. The summed E-state index contributed by atoms with van der Waals surface area (Å²) in [6.07, 6.45) is -0.198. The number of hydrogen-bond donors (Lipinski definition) is 3. The van der Waals surface area contributed by atoms with Crippen molar-refractivity contribution in [2.45, 2.75) is 18.9 Å². The molecule has 0 radical (unpaired) electrons. The molecule has 25 heavy (non-hydrogen) atoms. The molecule has 3 N–H and O–H groups in total. The van der Waals surface area contributed by atoms with Crippen LogP contribution in [0.1, 0.15) is 12.8 Å². The topological polar surface area (TPSA) is 91.9 Å². The summed E-state index contributed by atoms with van der Waals surface area (Å²) in [7, 11) is 3.26. The highest BCUT2D eigenvalue weighted by Gasteiger charge is 2.29. The number of nitrogens with one attached hydrogen (secondary N) is 3. The summed E-state index contributed by atoms with van der Waals surface area (Å²) >= 11 is 5.17. The third-order valence-electron chi connectivity index (χ3n) is 3.48. The van der Waals surface area contributed by atoms with E-state index in [1.807, 2.05) is 0 Å². The Balaban J connectivity index is 1.80. The fourth-order valence-corrected chi connectivity index (χ4v) is 2.36. The van der Waals surface area contributed by atoms with Crippen LogP contribution in [0.4, 0.5) is 5.69 Å². The zero-order chi connectivity index (χ0) is 18.2. The number of hydrogen-bond acceptors (Lipinski definition) is 5. The average molecular weight is 366 g/mol. The van der Waals surface area contributed by atoms with Crippen molar-refractivity contribution in [1.82, 2.24) is 15.8 Å². The molecule has 0 saturated heterocycles. The number of hydrazine groups is 1. The van der Waals surface area contributed by atoms with Crippen molar-refractivity contribution in [1.29, 1.82) is 0 Å². The van der Waals surface area contributed by atoms with Gasteiger partial charge in [0.15, 0.2) is 11.2 Å². The van der Waals surface area contributed by atoms with E-state index in [0.717, 1.165) is 6.42 Å². The molecule has 0 aromatic heterocycles. The molecule has 0 saturated carbocycles. The summed E-state index contributed by atoms with van der Waals surface area (Å²) in [4.78, 5) is 24.2. The largest absolute Gasteiger partial charge is 0.478 e. The van der Waals surface area contributed by atoms with Gasteiger partial charge in [0.05, 0.1) is 12.1 Å². The maximum Gasteiger partial charge on any atom is 0.266 e. The summed E-state index contributed by atoms with van der Waals surface area (Å²) in [6, 6.07) is 7.08. The van der Waals surface area contributed by atoms with E-state index in [2.05, 4.69) is 16.1 Å². The van der Waals surface area contributed by atoms with Crippen molar-refractivity contribution in [3.63, 3.8) is 0 Å². The maximum atomic E-state index is 12.1. The number of para-hydroxylation sites is 2. The average Bonchev–Trinajstić information content (AvgIpc) is 2.59. The number of carbonyl (C=O) groups is 2. The molecule has 9 heteroatoms. The van der Waals surface area contributed by atoms with E-state index in [1.54, 1.807) is 38.4 Å². The van der Waals surface area contributed by atoms with Gasteiger partial charge in [-0.25, -0.2) is 0 Å². The van der Waals surface area contributed by atoms with E-state index in [9.17, 15) is 9.59 Å². The van der Waals surface area contributed by atoms with Crippen LogP contribution in [0.25, 0.3) is 0 Å². The van der Waals surface area contributed by atoms with Gasteiger partial charge in [0.25, 0.3) is 5.91 Å². The number of anilines is 1. The highest BCUT2D eigenvalue weighted by atomic mass is 32.1. The van der Waals surface area contributed by atoms with Crippen LogP contribution in [-0.2, 0) is 14.3 Å². The van der Waals surface area contributed by atoms with Gasteiger partial charge < -0.3 is 20.1 Å². The SMILES string of the molecule is COCCCNC(=S)N(C)NC(=O)C[C@H]1Oc2ccccc2NC1=O. The minimum atomic E-state index is -0.883. The predicted octanol–water partition coefficient (Wildman–Crippen LogP) is 0.650. The van der Waals surface area contributed by atoms with E-state index in [0.29, 0.717) is 29.7 Å². The van der Waals surface area contributed by atoms with Gasteiger partial charge in [-0.3, -0.25) is 20.0 Å². The molecule has 1 aromatic carbocycles. The Morgan fingerprint density at radius 1 is 1.44 bits per heavy atom. The summed E-state index contributed by atoms with van der Waals surface area (Å²) in [6.45, 7) is 1.26. The highest BCUT2D eigenvalue weighted by Crippen LogP contribution is 2.29. The Hall–Kier alpha value is -2.39. The first-order chi connectivity index (χ1) is 12.0. The lowest BCUT2D eigenvalue weighted by Crippen LogP contribution is -2.50. The van der Waals surface area contributed by atoms with Crippen molar-refractivity contribution in [3.8, 4) is 5.75 Å². The van der Waals surface area contributed by atoms with Crippen LogP contribution in [0.15, 0.2) is 24.3 Å². The second-order valence-electron chi connectivity index (χ2n) is 5.47. The lowest BCUT2D eigenvalue weighted by Gasteiger charge is -2.27. The van der Waals surface area contributed by atoms with Crippen LogP contribution < -0.4 is 20.8 Å². The van der Waals surface area contributed by atoms with Crippen molar-refractivity contribution in [3.05, 3.63) is 24.3 Å². The molecule has 8 nitrogen and oxygen atoms in total. The summed E-state index contributed by atoms with van der Waals surface area (Å²) in [5.41, 5.74) is 3.21. The van der Waals surface area contributed by atoms with E-state index in [4.69, 9.17) is 21.7 Å². The lowest BCUT2D eigenvalue weighted by atomic mass is 10.1. The van der Waals surface area contributed by atoms with E-state index in [-0.39, 0.29) is 18.2 Å². The molecule has 1 heterocycles. The van der Waals surface area contributed by atoms with Gasteiger partial charge in [0.2, 0.25) is 5.91 Å². The van der Waals surface area contributed by atoms with E-state index < -0.39 is 6.10 Å². The molecule has 0 bridgehead atoms. The number of ether oxygens (including phenoxy) is 2. The van der Waals surface area contributed by atoms with Gasteiger partial charge in [-0.15, -0.1) is 0 Å². The number of methoxy groups -OCH3 is 1. The van der Waals surface area contributed by atoms with Gasteiger partial charge in [0, 0.05) is 27.3 Å². The quantitative estimate of drug-likeness (QED) is 0.387. The molecular formula is C16H22N4O4S. The maximum absolute atomic E-state index is 12.1. The second kappa shape index (κ2) is 9.19. The van der Waals surface area contributed by atoms with Crippen molar-refractivity contribution in [2.75, 3.05) is 32.6 Å². The number of thiocarbonyl (C=S) groups is 1. The van der Waals surface area contributed by atoms with Crippen molar-refractivity contribution in [2.24, 2.45) is 0 Å². The van der Waals surface area contributed by atoms with Crippen LogP contribution in [-0.4, -0.2) is 55.3 Å². The molecule has 1 atom stereocenters. The van der Waals surface area contributed by atoms with Gasteiger partial charge in [0.1, 0.15) is 5.75 Å². The molecule has 2 amide bonds. The fraction of sp³-hybridized carbons (Fsp3) is 0.438. The number of amides is 2. The van der Waals surface area contributed by atoms with Crippen molar-refractivity contribution < 1.29 is 19.1 Å². The van der Waals surface area contributed by atoms with Crippen LogP contribution in [0.3, 0.4) is 0 Å². The predicted molar refractivity (Wildman–Crippen MR) is 97.1 cm³/mol. The number of nitrogens with zero attached hydrogens (tertiary/aromatic N) is 1. The molecular weight excluding hydrogens is 344 g/mol. The van der Waals surface area contributed by atoms with Gasteiger partial charge >= 0.3 is 0 Å². The van der Waals surface area contributed by atoms with Crippen LogP contribution >= 0.6 is 12.2 Å². The lowest BCUT2D eigenvalue weighted by molar-refractivity contribution is -0.132. The first-order valence-corrected chi connectivity index (χ1v) is 8.28. The molecule has 0 fully saturated rings. The van der Waals surface area contributed by atoms with Crippen molar-refractivity contribution >= 4 is 34.8 Å². The van der Waals surface area contributed by atoms with Gasteiger partial charge in [-0.05, 0) is 30.8 Å². The first kappa shape index (κ1) is 18.9. The minimum absolute atomic E-state index is 0.114. The Morgan fingerprint density at radius 3 is 2.96 bits per heavy atom.